The van der Waals surface area contributed by atoms with Crippen LogP contribution in [0.15, 0.2) is 12.1 Å². The summed E-state index contributed by atoms with van der Waals surface area (Å²) in [6.45, 7) is 1.91. The number of aromatic nitrogens is 2. The number of aryl methyl sites for hydroxylation is 1. The highest BCUT2D eigenvalue weighted by Crippen LogP contribution is 2.39. The van der Waals surface area contributed by atoms with Crippen molar-refractivity contribution in [2.75, 3.05) is 0 Å². The Kier molecular flexibility index (Phi) is 2.20. The van der Waals surface area contributed by atoms with E-state index in [2.05, 4.69) is 16.3 Å². The normalized spacial score (nSPS) is 19.1. The van der Waals surface area contributed by atoms with E-state index in [1.165, 1.54) is 0 Å². The number of hydrogen-bond acceptors (Lipinski definition) is 3. The van der Waals surface area contributed by atoms with Crippen molar-refractivity contribution >= 4 is 0 Å². The van der Waals surface area contributed by atoms with Crippen LogP contribution in [0.25, 0.3) is 0 Å². The average Bonchev–Trinajstić information content (AvgIpc) is 2.68. The zero-order valence-corrected chi connectivity index (χ0v) is 8.32. The van der Waals surface area contributed by atoms with Gasteiger partial charge in [-0.25, -0.2) is 0 Å². The Morgan fingerprint density at radius 1 is 1.29 bits per heavy atom. The molecule has 0 aliphatic heterocycles. The van der Waals surface area contributed by atoms with Gasteiger partial charge in [0.2, 0.25) is 0 Å². The van der Waals surface area contributed by atoms with Gasteiger partial charge in [0.25, 0.3) is 0 Å². The zero-order chi connectivity index (χ0) is 10.0. The summed E-state index contributed by atoms with van der Waals surface area (Å²) in [6.07, 6.45) is 4.12. The van der Waals surface area contributed by atoms with Crippen molar-refractivity contribution in [3.8, 4) is 6.07 Å². The summed E-state index contributed by atoms with van der Waals surface area (Å²) in [5.41, 5.74) is 1.41. The molecule has 1 fully saturated rings. The first-order chi connectivity index (χ1) is 6.77. The molecule has 0 saturated heterocycles. The summed E-state index contributed by atoms with van der Waals surface area (Å²) >= 11 is 0. The molecule has 0 amide bonds. The van der Waals surface area contributed by atoms with Crippen LogP contribution < -0.4 is 0 Å². The maximum Gasteiger partial charge on any atom is 0.101 e. The molecule has 14 heavy (non-hydrogen) atoms. The lowest BCUT2D eigenvalue weighted by Crippen LogP contribution is -2.21. The summed E-state index contributed by atoms with van der Waals surface area (Å²) < 4.78 is 0. The molecule has 2 rings (SSSR count). The van der Waals surface area contributed by atoms with Gasteiger partial charge in [-0.2, -0.15) is 15.5 Å². The Morgan fingerprint density at radius 3 is 2.50 bits per heavy atom. The van der Waals surface area contributed by atoms with E-state index in [1.54, 1.807) is 0 Å². The monoisotopic (exact) mass is 187 g/mol. The van der Waals surface area contributed by atoms with Gasteiger partial charge in [-0.1, -0.05) is 12.8 Å². The summed E-state index contributed by atoms with van der Waals surface area (Å²) in [7, 11) is 0. The smallest absolute Gasteiger partial charge is 0.101 e. The minimum absolute atomic E-state index is 0.347. The van der Waals surface area contributed by atoms with Crippen LogP contribution in [-0.2, 0) is 5.41 Å². The van der Waals surface area contributed by atoms with Gasteiger partial charge in [0.05, 0.1) is 17.5 Å². The van der Waals surface area contributed by atoms with E-state index in [1.807, 2.05) is 19.1 Å². The Bertz CT molecular complexity index is 355. The Morgan fingerprint density at radius 2 is 2.00 bits per heavy atom. The molecular weight excluding hydrogens is 174 g/mol. The molecule has 0 aromatic carbocycles. The lowest BCUT2D eigenvalue weighted by atomic mass is 9.84. The van der Waals surface area contributed by atoms with Crippen LogP contribution in [0.3, 0.4) is 0 Å². The molecule has 0 unspecified atom stereocenters. The van der Waals surface area contributed by atoms with Crippen molar-refractivity contribution in [3.63, 3.8) is 0 Å². The second-order valence-corrected chi connectivity index (χ2v) is 3.96. The van der Waals surface area contributed by atoms with E-state index in [-0.39, 0.29) is 5.41 Å². The highest BCUT2D eigenvalue weighted by molar-refractivity contribution is 5.27. The molecule has 1 aliphatic rings. The second kappa shape index (κ2) is 3.38. The molecule has 0 N–H and O–H groups in total. The van der Waals surface area contributed by atoms with E-state index in [9.17, 15) is 5.26 Å². The molecule has 0 bridgehead atoms. The van der Waals surface area contributed by atoms with Crippen molar-refractivity contribution in [2.24, 2.45) is 0 Å². The third-order valence-electron chi connectivity index (χ3n) is 2.96. The molecule has 3 nitrogen and oxygen atoms in total. The Labute approximate surface area is 83.8 Å². The third-order valence-corrected chi connectivity index (χ3v) is 2.96. The Balaban J connectivity index is 2.37. The summed E-state index contributed by atoms with van der Waals surface area (Å²) in [4.78, 5) is 0. The SMILES string of the molecule is Cc1ccc(C2(C#N)CCCC2)nn1. The number of nitriles is 1. The van der Waals surface area contributed by atoms with E-state index in [0.717, 1.165) is 37.1 Å². The van der Waals surface area contributed by atoms with E-state index in [4.69, 9.17) is 0 Å². The topological polar surface area (TPSA) is 49.6 Å². The molecular formula is C11H13N3. The van der Waals surface area contributed by atoms with Crippen LogP contribution in [0.2, 0.25) is 0 Å². The van der Waals surface area contributed by atoms with Crippen LogP contribution in [-0.4, -0.2) is 10.2 Å². The van der Waals surface area contributed by atoms with Gasteiger partial charge >= 0.3 is 0 Å². The number of nitrogens with zero attached hydrogens (tertiary/aromatic N) is 3. The van der Waals surface area contributed by atoms with Gasteiger partial charge in [-0.05, 0) is 31.9 Å². The van der Waals surface area contributed by atoms with Crippen LogP contribution in [0, 0.1) is 18.3 Å². The van der Waals surface area contributed by atoms with Crippen molar-refractivity contribution in [2.45, 2.75) is 38.0 Å². The van der Waals surface area contributed by atoms with Gasteiger partial charge in [0.15, 0.2) is 0 Å². The molecule has 1 aliphatic carbocycles. The lowest BCUT2D eigenvalue weighted by Gasteiger charge is -2.18. The predicted octanol–water partition coefficient (Wildman–Crippen LogP) is 2.12. The highest BCUT2D eigenvalue weighted by Gasteiger charge is 2.37. The molecule has 1 heterocycles. The molecule has 1 saturated carbocycles. The third kappa shape index (κ3) is 1.37. The molecule has 0 spiro atoms. The van der Waals surface area contributed by atoms with Crippen LogP contribution in [0.5, 0.6) is 0 Å². The second-order valence-electron chi connectivity index (χ2n) is 3.96. The van der Waals surface area contributed by atoms with Gasteiger partial charge in [-0.15, -0.1) is 0 Å². The molecule has 1 aromatic rings. The Hall–Kier alpha value is -1.43. The van der Waals surface area contributed by atoms with Crippen LogP contribution >= 0.6 is 0 Å². The molecule has 3 heteroatoms. The fraction of sp³-hybridized carbons (Fsp3) is 0.545. The average molecular weight is 187 g/mol. The highest BCUT2D eigenvalue weighted by atomic mass is 15.1. The van der Waals surface area contributed by atoms with Gasteiger partial charge in [0.1, 0.15) is 5.41 Å². The fourth-order valence-corrected chi connectivity index (χ4v) is 2.06. The number of rotatable bonds is 1. The van der Waals surface area contributed by atoms with E-state index in [0.29, 0.717) is 0 Å². The van der Waals surface area contributed by atoms with Gasteiger partial charge in [0, 0.05) is 0 Å². The van der Waals surface area contributed by atoms with Crippen molar-refractivity contribution in [1.29, 1.82) is 5.26 Å². The molecule has 1 aromatic heterocycles. The standard InChI is InChI=1S/C11H13N3/c1-9-4-5-10(14-13-9)11(8-12)6-2-3-7-11/h4-5H,2-3,6-7H2,1H3. The first kappa shape index (κ1) is 9.14. The lowest BCUT2D eigenvalue weighted by molar-refractivity contribution is 0.544. The largest absolute Gasteiger partial charge is 0.197 e. The van der Waals surface area contributed by atoms with Crippen molar-refractivity contribution in [1.82, 2.24) is 10.2 Å². The number of hydrogen-bond donors (Lipinski definition) is 0. The first-order valence-electron chi connectivity index (χ1n) is 4.99. The van der Waals surface area contributed by atoms with E-state index >= 15 is 0 Å². The zero-order valence-electron chi connectivity index (χ0n) is 8.32. The minimum Gasteiger partial charge on any atom is -0.197 e. The fourth-order valence-electron chi connectivity index (χ4n) is 2.06. The summed E-state index contributed by atoms with van der Waals surface area (Å²) in [5, 5.41) is 17.4. The van der Waals surface area contributed by atoms with Crippen LogP contribution in [0.1, 0.15) is 37.1 Å². The summed E-state index contributed by atoms with van der Waals surface area (Å²) in [6, 6.07) is 6.28. The summed E-state index contributed by atoms with van der Waals surface area (Å²) in [5.74, 6) is 0. The predicted molar refractivity (Wildman–Crippen MR) is 52.5 cm³/mol. The van der Waals surface area contributed by atoms with E-state index < -0.39 is 0 Å². The van der Waals surface area contributed by atoms with Gasteiger partial charge < -0.3 is 0 Å². The van der Waals surface area contributed by atoms with Crippen molar-refractivity contribution < 1.29 is 0 Å². The molecule has 0 atom stereocenters. The first-order valence-corrected chi connectivity index (χ1v) is 4.99. The molecule has 0 radical (unpaired) electrons. The maximum atomic E-state index is 9.22. The quantitative estimate of drug-likeness (QED) is 0.676. The maximum absolute atomic E-state index is 9.22. The minimum atomic E-state index is -0.347. The van der Waals surface area contributed by atoms with Crippen LogP contribution in [0.4, 0.5) is 0 Å². The van der Waals surface area contributed by atoms with Crippen molar-refractivity contribution in [3.05, 3.63) is 23.5 Å². The molecule has 72 valence electrons. The van der Waals surface area contributed by atoms with Gasteiger partial charge in [-0.3, -0.25) is 0 Å².